The highest BCUT2D eigenvalue weighted by molar-refractivity contribution is 7.89. The third-order valence-corrected chi connectivity index (χ3v) is 8.31. The Morgan fingerprint density at radius 3 is 2.50 bits per heavy atom. The van der Waals surface area contributed by atoms with Gasteiger partial charge in [-0.1, -0.05) is 13.3 Å². The zero-order valence-corrected chi connectivity index (χ0v) is 17.5. The van der Waals surface area contributed by atoms with Gasteiger partial charge in [-0.3, -0.25) is 4.79 Å². The molecular weight excluding hydrogens is 376 g/mol. The monoisotopic (exact) mass is 406 g/mol. The first-order valence-corrected chi connectivity index (χ1v) is 11.9. The van der Waals surface area contributed by atoms with E-state index >= 15 is 0 Å². The number of rotatable bonds is 5. The van der Waals surface area contributed by atoms with Crippen LogP contribution in [0.3, 0.4) is 0 Å². The van der Waals surface area contributed by atoms with Crippen LogP contribution >= 0.6 is 0 Å². The van der Waals surface area contributed by atoms with Crippen molar-refractivity contribution in [3.8, 4) is 5.75 Å². The summed E-state index contributed by atoms with van der Waals surface area (Å²) in [5.41, 5.74) is 0.327. The maximum absolute atomic E-state index is 13.0. The molecule has 3 fully saturated rings. The summed E-state index contributed by atoms with van der Waals surface area (Å²) < 4.78 is 34.2. The van der Waals surface area contributed by atoms with Crippen LogP contribution < -0.4 is 9.46 Å². The van der Waals surface area contributed by atoms with E-state index in [0.29, 0.717) is 42.2 Å². The average Bonchev–Trinajstić information content (AvgIpc) is 3.30. The zero-order valence-electron chi connectivity index (χ0n) is 16.7. The number of nitrogens with one attached hydrogen (secondary N) is 1. The fourth-order valence-electron chi connectivity index (χ4n) is 5.06. The molecule has 3 aliphatic rings. The van der Waals surface area contributed by atoms with Crippen LogP contribution in [0.15, 0.2) is 23.1 Å². The molecule has 1 aliphatic heterocycles. The number of likely N-dealkylation sites (tertiary alicyclic amines) is 1. The zero-order chi connectivity index (χ0) is 19.9. The number of amides is 1. The van der Waals surface area contributed by atoms with Crippen LogP contribution in [0.2, 0.25) is 0 Å². The topological polar surface area (TPSA) is 75.7 Å². The maximum Gasteiger partial charge on any atom is 0.257 e. The van der Waals surface area contributed by atoms with Crippen molar-refractivity contribution in [2.75, 3.05) is 20.2 Å². The smallest absolute Gasteiger partial charge is 0.257 e. The number of benzene rings is 1. The van der Waals surface area contributed by atoms with Gasteiger partial charge in [-0.05, 0) is 68.1 Å². The van der Waals surface area contributed by atoms with E-state index in [1.165, 1.54) is 25.7 Å². The van der Waals surface area contributed by atoms with Gasteiger partial charge in [0.05, 0.1) is 17.6 Å². The highest BCUT2D eigenvalue weighted by Crippen LogP contribution is 2.44. The SMILES string of the molecule is COc1ccc(S(=O)(=O)NC2CC3CCC2C3)cc1C(=O)N1CCC(C)CC1. The van der Waals surface area contributed by atoms with E-state index in [4.69, 9.17) is 4.74 Å². The minimum absolute atomic E-state index is 0.0218. The minimum Gasteiger partial charge on any atom is -0.496 e. The average molecular weight is 407 g/mol. The van der Waals surface area contributed by atoms with Gasteiger partial charge in [0.1, 0.15) is 5.75 Å². The molecule has 154 valence electrons. The summed E-state index contributed by atoms with van der Waals surface area (Å²) in [4.78, 5) is 15.0. The Hall–Kier alpha value is -1.60. The molecule has 0 aromatic heterocycles. The van der Waals surface area contributed by atoms with Crippen LogP contribution in [0.5, 0.6) is 5.75 Å². The summed E-state index contributed by atoms with van der Waals surface area (Å²) in [5.74, 6) is 1.99. The number of ether oxygens (including phenoxy) is 1. The van der Waals surface area contributed by atoms with E-state index in [1.807, 2.05) is 0 Å². The first-order valence-electron chi connectivity index (χ1n) is 10.4. The van der Waals surface area contributed by atoms with Crippen molar-refractivity contribution < 1.29 is 17.9 Å². The van der Waals surface area contributed by atoms with Gasteiger partial charge < -0.3 is 9.64 Å². The highest BCUT2D eigenvalue weighted by atomic mass is 32.2. The predicted molar refractivity (Wildman–Crippen MR) is 107 cm³/mol. The van der Waals surface area contributed by atoms with Gasteiger partial charge in [0.15, 0.2) is 0 Å². The lowest BCUT2D eigenvalue weighted by atomic mass is 9.96. The molecule has 1 N–H and O–H groups in total. The van der Waals surface area contributed by atoms with Gasteiger partial charge >= 0.3 is 0 Å². The third-order valence-electron chi connectivity index (χ3n) is 6.83. The van der Waals surface area contributed by atoms with Crippen molar-refractivity contribution in [2.24, 2.45) is 17.8 Å². The molecule has 6 nitrogen and oxygen atoms in total. The second-order valence-electron chi connectivity index (χ2n) is 8.74. The van der Waals surface area contributed by atoms with Gasteiger partial charge in [-0.2, -0.15) is 0 Å². The van der Waals surface area contributed by atoms with E-state index in [9.17, 15) is 13.2 Å². The van der Waals surface area contributed by atoms with Crippen molar-refractivity contribution in [3.05, 3.63) is 23.8 Å². The molecule has 2 aliphatic carbocycles. The van der Waals surface area contributed by atoms with Gasteiger partial charge in [0.2, 0.25) is 10.0 Å². The van der Waals surface area contributed by atoms with E-state index in [2.05, 4.69) is 11.6 Å². The van der Waals surface area contributed by atoms with Crippen molar-refractivity contribution in [2.45, 2.75) is 56.4 Å². The number of sulfonamides is 1. The second-order valence-corrected chi connectivity index (χ2v) is 10.5. The number of carbonyl (C=O) groups is 1. The maximum atomic E-state index is 13.0. The summed E-state index contributed by atoms with van der Waals surface area (Å²) in [5, 5.41) is 0. The standard InChI is InChI=1S/C21H30N2O4S/c1-14-7-9-23(10-8-14)21(24)18-13-17(5-6-20(18)27-2)28(25,26)22-19-12-15-3-4-16(19)11-15/h5-6,13-16,19,22H,3-4,7-12H2,1-2H3. The van der Waals surface area contributed by atoms with Crippen LogP contribution in [-0.2, 0) is 10.0 Å². The third kappa shape index (κ3) is 3.79. The normalized spacial score (nSPS) is 27.9. The lowest BCUT2D eigenvalue weighted by Crippen LogP contribution is -2.39. The first kappa shape index (κ1) is 19.7. The van der Waals surface area contributed by atoms with E-state index < -0.39 is 10.0 Å². The molecule has 0 spiro atoms. The molecule has 2 saturated carbocycles. The molecule has 1 heterocycles. The van der Waals surface area contributed by atoms with Gasteiger partial charge in [-0.25, -0.2) is 13.1 Å². The summed E-state index contributed by atoms with van der Waals surface area (Å²) in [6.07, 6.45) is 6.33. The van der Waals surface area contributed by atoms with Crippen molar-refractivity contribution in [1.82, 2.24) is 9.62 Å². The molecule has 1 aromatic rings. The molecule has 1 amide bonds. The largest absolute Gasteiger partial charge is 0.496 e. The van der Waals surface area contributed by atoms with Crippen LogP contribution in [0.1, 0.15) is 55.8 Å². The predicted octanol–water partition coefficient (Wildman–Crippen LogP) is 3.03. The van der Waals surface area contributed by atoms with E-state index in [-0.39, 0.29) is 16.8 Å². The molecule has 0 radical (unpaired) electrons. The molecule has 1 saturated heterocycles. The Kier molecular flexibility index (Phi) is 5.40. The van der Waals surface area contributed by atoms with E-state index in [0.717, 1.165) is 32.1 Å². The molecule has 28 heavy (non-hydrogen) atoms. The summed E-state index contributed by atoms with van der Waals surface area (Å²) in [7, 11) is -2.16. The number of nitrogens with zero attached hydrogens (tertiary/aromatic N) is 1. The van der Waals surface area contributed by atoms with Crippen LogP contribution in [0.25, 0.3) is 0 Å². The Morgan fingerprint density at radius 2 is 1.89 bits per heavy atom. The van der Waals surface area contributed by atoms with Gasteiger partial charge in [-0.15, -0.1) is 0 Å². The number of hydrogen-bond acceptors (Lipinski definition) is 4. The Balaban J connectivity index is 1.56. The first-order chi connectivity index (χ1) is 13.4. The number of hydrogen-bond donors (Lipinski definition) is 1. The quantitative estimate of drug-likeness (QED) is 0.816. The van der Waals surface area contributed by atoms with Gasteiger partial charge in [0.25, 0.3) is 5.91 Å². The lowest BCUT2D eigenvalue weighted by Gasteiger charge is -2.30. The highest BCUT2D eigenvalue weighted by Gasteiger charge is 2.41. The summed E-state index contributed by atoms with van der Waals surface area (Å²) in [6, 6.07) is 4.63. The van der Waals surface area contributed by atoms with Crippen molar-refractivity contribution >= 4 is 15.9 Å². The molecule has 4 rings (SSSR count). The number of carbonyl (C=O) groups excluding carboxylic acids is 1. The Morgan fingerprint density at radius 1 is 1.14 bits per heavy atom. The van der Waals surface area contributed by atoms with Crippen LogP contribution in [0.4, 0.5) is 0 Å². The molecular formula is C21H30N2O4S. The fourth-order valence-corrected chi connectivity index (χ4v) is 6.40. The molecule has 7 heteroatoms. The van der Waals surface area contributed by atoms with Crippen molar-refractivity contribution in [3.63, 3.8) is 0 Å². The molecule has 3 unspecified atom stereocenters. The lowest BCUT2D eigenvalue weighted by molar-refractivity contribution is 0.0693. The summed E-state index contributed by atoms with van der Waals surface area (Å²) >= 11 is 0. The Labute approximate surface area is 167 Å². The number of piperidine rings is 1. The molecule has 3 atom stereocenters. The van der Waals surface area contributed by atoms with Crippen LogP contribution in [-0.4, -0.2) is 45.5 Å². The second kappa shape index (κ2) is 7.67. The summed E-state index contributed by atoms with van der Waals surface area (Å²) in [6.45, 7) is 3.59. The number of methoxy groups -OCH3 is 1. The Bertz CT molecular complexity index is 846. The van der Waals surface area contributed by atoms with Crippen molar-refractivity contribution in [1.29, 1.82) is 0 Å². The number of fused-ring (bicyclic) bond motifs is 2. The molecule has 1 aromatic carbocycles. The fraction of sp³-hybridized carbons (Fsp3) is 0.667. The van der Waals surface area contributed by atoms with Crippen LogP contribution in [0, 0.1) is 17.8 Å². The van der Waals surface area contributed by atoms with Gasteiger partial charge in [0, 0.05) is 19.1 Å². The molecule has 2 bridgehead atoms. The minimum atomic E-state index is -3.66. The van der Waals surface area contributed by atoms with E-state index in [1.54, 1.807) is 11.0 Å².